The topological polar surface area (TPSA) is 55.2 Å². The smallest absolute Gasteiger partial charge is 0.246 e. The van der Waals surface area contributed by atoms with Crippen molar-refractivity contribution in [3.8, 4) is 0 Å². The van der Waals surface area contributed by atoms with E-state index in [1.54, 1.807) is 15.9 Å². The number of aryl methyl sites for hydroxylation is 1. The molecule has 1 aliphatic carbocycles. The number of rotatable bonds is 4. The van der Waals surface area contributed by atoms with Gasteiger partial charge >= 0.3 is 0 Å². The van der Waals surface area contributed by atoms with Gasteiger partial charge in [-0.1, -0.05) is 6.92 Å². The lowest BCUT2D eigenvalue weighted by atomic mass is 10.0. The molecule has 2 fully saturated rings. The quantitative estimate of drug-likeness (QED) is 0.755. The Kier molecular flexibility index (Phi) is 4.49. The predicted octanol–water partition coefficient (Wildman–Crippen LogP) is 3.11. The monoisotopic (exact) mass is 379 g/mol. The zero-order valence-corrected chi connectivity index (χ0v) is 16.0. The summed E-state index contributed by atoms with van der Waals surface area (Å²) in [6.07, 6.45) is 2.55. The van der Waals surface area contributed by atoms with Crippen LogP contribution in [0.1, 0.15) is 37.6 Å². The molecule has 130 valence electrons. The first-order chi connectivity index (χ1) is 10.6. The minimum absolute atomic E-state index is 0.134. The third-order valence-corrected chi connectivity index (χ3v) is 8.08. The maximum absolute atomic E-state index is 13.0. The van der Waals surface area contributed by atoms with Gasteiger partial charge in [0.1, 0.15) is 9.23 Å². The largest absolute Gasteiger partial charge is 0.268 e. The molecule has 0 radical (unpaired) electrons. The van der Waals surface area contributed by atoms with Crippen LogP contribution in [0.3, 0.4) is 0 Å². The number of aromatic nitrogens is 2. The fraction of sp³-hybridized carbons (Fsp3) is 0.800. The minimum Gasteiger partial charge on any atom is -0.268 e. The summed E-state index contributed by atoms with van der Waals surface area (Å²) in [5, 5.41) is 4.43. The fourth-order valence-corrected chi connectivity index (χ4v) is 5.62. The highest BCUT2D eigenvalue weighted by Crippen LogP contribution is 2.54. The van der Waals surface area contributed by atoms with Crippen LogP contribution in [0.5, 0.6) is 0 Å². The van der Waals surface area contributed by atoms with E-state index in [0.29, 0.717) is 41.8 Å². The molecular formula is C15H23Cl2N3O2S. The lowest BCUT2D eigenvalue weighted by Gasteiger charge is -2.29. The Labute approximate surface area is 148 Å². The number of hydrogen-bond donors (Lipinski definition) is 0. The normalized spacial score (nSPS) is 25.7. The van der Waals surface area contributed by atoms with Crippen molar-refractivity contribution in [2.24, 2.45) is 11.8 Å². The van der Waals surface area contributed by atoms with Crippen molar-refractivity contribution in [3.05, 3.63) is 11.4 Å². The van der Waals surface area contributed by atoms with Gasteiger partial charge in [0.25, 0.3) is 0 Å². The van der Waals surface area contributed by atoms with Crippen molar-refractivity contribution < 1.29 is 8.42 Å². The molecule has 1 atom stereocenters. The van der Waals surface area contributed by atoms with E-state index in [0.717, 1.165) is 19.3 Å². The molecule has 8 heteroatoms. The molecule has 0 aromatic carbocycles. The van der Waals surface area contributed by atoms with Gasteiger partial charge in [-0.15, -0.1) is 23.2 Å². The van der Waals surface area contributed by atoms with Crippen molar-refractivity contribution >= 4 is 33.2 Å². The molecule has 1 saturated heterocycles. The van der Waals surface area contributed by atoms with Crippen molar-refractivity contribution in [3.63, 3.8) is 0 Å². The van der Waals surface area contributed by atoms with E-state index in [1.807, 2.05) is 6.92 Å². The third-order valence-electron chi connectivity index (χ3n) is 5.00. The summed E-state index contributed by atoms with van der Waals surface area (Å²) in [5.41, 5.74) is 1.23. The van der Waals surface area contributed by atoms with Crippen LogP contribution in [0.15, 0.2) is 4.90 Å². The lowest BCUT2D eigenvalue weighted by Crippen LogP contribution is -2.38. The zero-order valence-electron chi connectivity index (χ0n) is 13.7. The van der Waals surface area contributed by atoms with Gasteiger partial charge in [0.05, 0.1) is 11.4 Å². The van der Waals surface area contributed by atoms with Gasteiger partial charge in [0.15, 0.2) is 0 Å². The van der Waals surface area contributed by atoms with Gasteiger partial charge in [0, 0.05) is 25.6 Å². The van der Waals surface area contributed by atoms with E-state index in [4.69, 9.17) is 23.2 Å². The average molecular weight is 380 g/mol. The van der Waals surface area contributed by atoms with Crippen molar-refractivity contribution in [2.75, 3.05) is 13.1 Å². The van der Waals surface area contributed by atoms with E-state index >= 15 is 0 Å². The molecule has 23 heavy (non-hydrogen) atoms. The molecule has 0 N–H and O–H groups in total. The second kappa shape index (κ2) is 5.90. The van der Waals surface area contributed by atoms with Crippen molar-refractivity contribution in [2.45, 2.75) is 55.8 Å². The van der Waals surface area contributed by atoms with E-state index in [2.05, 4.69) is 12.0 Å². The SMILES string of the molecule is Cc1nn(C[C@H]2CC2(Cl)Cl)c(C)c1S(=O)(=O)N1CCC(C)CC1. The predicted molar refractivity (Wildman–Crippen MR) is 91.4 cm³/mol. The van der Waals surface area contributed by atoms with Crippen LogP contribution in [0.2, 0.25) is 0 Å². The highest BCUT2D eigenvalue weighted by atomic mass is 35.5. The lowest BCUT2D eigenvalue weighted by molar-refractivity contribution is 0.288. The Balaban J connectivity index is 1.86. The van der Waals surface area contributed by atoms with Crippen LogP contribution < -0.4 is 0 Å². The number of alkyl halides is 2. The van der Waals surface area contributed by atoms with E-state index < -0.39 is 14.4 Å². The maximum Gasteiger partial charge on any atom is 0.246 e. The molecule has 2 heterocycles. The van der Waals surface area contributed by atoms with Gasteiger partial charge in [0.2, 0.25) is 10.0 Å². The van der Waals surface area contributed by atoms with E-state index in [9.17, 15) is 8.42 Å². The number of halogens is 2. The molecule has 0 amide bonds. The van der Waals surface area contributed by atoms with Gasteiger partial charge in [-0.2, -0.15) is 9.40 Å². The Morgan fingerprint density at radius 2 is 1.83 bits per heavy atom. The molecule has 1 aromatic heterocycles. The van der Waals surface area contributed by atoms with Crippen LogP contribution in [0, 0.1) is 25.7 Å². The third kappa shape index (κ3) is 3.28. The van der Waals surface area contributed by atoms with E-state index in [1.165, 1.54) is 0 Å². The molecule has 0 spiro atoms. The fourth-order valence-electron chi connectivity index (χ4n) is 3.26. The van der Waals surface area contributed by atoms with Crippen LogP contribution in [0.4, 0.5) is 0 Å². The average Bonchev–Trinajstić information content (AvgIpc) is 2.93. The number of hydrogen-bond acceptors (Lipinski definition) is 3. The summed E-state index contributed by atoms with van der Waals surface area (Å²) in [5.74, 6) is 0.719. The highest BCUT2D eigenvalue weighted by molar-refractivity contribution is 7.89. The summed E-state index contributed by atoms with van der Waals surface area (Å²) < 4.78 is 28.6. The first-order valence-corrected chi connectivity index (χ1v) is 10.2. The minimum atomic E-state index is -3.49. The molecule has 1 aliphatic heterocycles. The van der Waals surface area contributed by atoms with Gasteiger partial charge in [-0.25, -0.2) is 8.42 Å². The summed E-state index contributed by atoms with van der Waals surface area (Å²) in [7, 11) is -3.49. The van der Waals surface area contributed by atoms with Gasteiger partial charge < -0.3 is 0 Å². The second-order valence-corrected chi connectivity index (χ2v) is 10.3. The van der Waals surface area contributed by atoms with Crippen LogP contribution in [0.25, 0.3) is 0 Å². The van der Waals surface area contributed by atoms with Gasteiger partial charge in [-0.3, -0.25) is 4.68 Å². The Morgan fingerprint density at radius 3 is 2.35 bits per heavy atom. The molecular weight excluding hydrogens is 357 g/mol. The number of piperidine rings is 1. The van der Waals surface area contributed by atoms with Crippen LogP contribution >= 0.6 is 23.2 Å². The molecule has 1 aromatic rings. The summed E-state index contributed by atoms with van der Waals surface area (Å²) in [6.45, 7) is 7.46. The second-order valence-electron chi connectivity index (χ2n) is 6.93. The molecule has 3 rings (SSSR count). The first kappa shape index (κ1) is 17.5. The van der Waals surface area contributed by atoms with Crippen LogP contribution in [-0.2, 0) is 16.6 Å². The van der Waals surface area contributed by atoms with Crippen LogP contribution in [-0.4, -0.2) is 39.9 Å². The Hall–Kier alpha value is -0.300. The Bertz CT molecular complexity index is 707. The summed E-state index contributed by atoms with van der Waals surface area (Å²) >= 11 is 12.2. The maximum atomic E-state index is 13.0. The van der Waals surface area contributed by atoms with Gasteiger partial charge in [-0.05, 0) is 39.0 Å². The summed E-state index contributed by atoms with van der Waals surface area (Å²) in [4.78, 5) is 0.349. The molecule has 5 nitrogen and oxygen atoms in total. The zero-order chi connectivity index (χ0) is 17.0. The molecule has 2 aliphatic rings. The van der Waals surface area contributed by atoms with Crippen molar-refractivity contribution in [1.29, 1.82) is 0 Å². The number of sulfonamides is 1. The number of nitrogens with zero attached hydrogens (tertiary/aromatic N) is 3. The molecule has 1 saturated carbocycles. The molecule has 0 bridgehead atoms. The summed E-state index contributed by atoms with van der Waals surface area (Å²) in [6, 6.07) is 0. The van der Waals surface area contributed by atoms with Crippen molar-refractivity contribution in [1.82, 2.24) is 14.1 Å². The molecule has 0 unspecified atom stereocenters. The standard InChI is InChI=1S/C15H23Cl2N3O2S/c1-10-4-6-19(7-5-10)23(21,22)14-11(2)18-20(12(14)3)9-13-8-15(13,16)17/h10,13H,4-9H2,1-3H3/t13-/m1/s1. The highest BCUT2D eigenvalue weighted by Gasteiger charge is 2.52. The first-order valence-electron chi connectivity index (χ1n) is 8.05. The Morgan fingerprint density at radius 1 is 1.26 bits per heavy atom. The van der Waals surface area contributed by atoms with E-state index in [-0.39, 0.29) is 5.92 Å².